The summed E-state index contributed by atoms with van der Waals surface area (Å²) < 4.78 is 0. The lowest BCUT2D eigenvalue weighted by molar-refractivity contribution is 0.00884. The molecule has 0 radical (unpaired) electrons. The predicted octanol–water partition coefficient (Wildman–Crippen LogP) is 3.28. The zero-order valence-corrected chi connectivity index (χ0v) is 16.9. The summed E-state index contributed by atoms with van der Waals surface area (Å²) in [6, 6.07) is 9.81. The SMILES string of the molecule is CCC1(O)NC(=O)c2cc(Cl)ccc21.CCC1(O)NC(=O)c2ccc(Cl)cc21. The second kappa shape index (κ2) is 7.37. The zero-order chi connectivity index (χ0) is 20.7. The van der Waals surface area contributed by atoms with Crippen molar-refractivity contribution in [1.82, 2.24) is 10.6 Å². The van der Waals surface area contributed by atoms with Gasteiger partial charge in [0.2, 0.25) is 0 Å². The summed E-state index contributed by atoms with van der Waals surface area (Å²) in [5.74, 6) is -0.520. The van der Waals surface area contributed by atoms with E-state index in [1.165, 1.54) is 0 Å². The minimum Gasteiger partial charge on any atom is -0.367 e. The Morgan fingerprint density at radius 2 is 1.29 bits per heavy atom. The molecular weight excluding hydrogens is 403 g/mol. The first-order chi connectivity index (χ1) is 13.1. The number of aliphatic hydroxyl groups is 2. The minimum atomic E-state index is -1.25. The Kier molecular flexibility index (Phi) is 5.42. The molecule has 28 heavy (non-hydrogen) atoms. The minimum absolute atomic E-state index is 0.249. The Bertz CT molecular complexity index is 965. The highest BCUT2D eigenvalue weighted by atomic mass is 35.5. The predicted molar refractivity (Wildman–Crippen MR) is 106 cm³/mol. The summed E-state index contributed by atoms with van der Waals surface area (Å²) in [5.41, 5.74) is -0.346. The van der Waals surface area contributed by atoms with Crippen LogP contribution in [0.2, 0.25) is 10.0 Å². The molecule has 0 aromatic heterocycles. The van der Waals surface area contributed by atoms with Gasteiger partial charge < -0.3 is 20.8 Å². The standard InChI is InChI=1S/2C10H10ClNO2/c1-2-10(14)8-4-3-6(11)5-7(8)9(13)12-10;1-2-10(14)8-5-6(11)3-4-7(8)9(13)12-10/h2*3-5,14H,2H2,1H3,(H,12,13). The van der Waals surface area contributed by atoms with E-state index in [4.69, 9.17) is 23.2 Å². The maximum absolute atomic E-state index is 11.5. The number of rotatable bonds is 2. The van der Waals surface area contributed by atoms with Gasteiger partial charge >= 0.3 is 0 Å². The summed E-state index contributed by atoms with van der Waals surface area (Å²) in [6.07, 6.45) is 0.861. The summed E-state index contributed by atoms with van der Waals surface area (Å²) in [5, 5.41) is 26.2. The molecule has 2 atom stereocenters. The lowest BCUT2D eigenvalue weighted by Gasteiger charge is -2.21. The van der Waals surface area contributed by atoms with Crippen LogP contribution < -0.4 is 10.6 Å². The third kappa shape index (κ3) is 3.49. The molecule has 2 unspecified atom stereocenters. The Morgan fingerprint density at radius 1 is 0.786 bits per heavy atom. The van der Waals surface area contributed by atoms with Crippen LogP contribution in [0, 0.1) is 0 Å². The fraction of sp³-hybridized carbons (Fsp3) is 0.300. The maximum atomic E-state index is 11.5. The quantitative estimate of drug-likeness (QED) is 0.596. The average molecular weight is 423 g/mol. The van der Waals surface area contributed by atoms with Crippen LogP contribution >= 0.6 is 23.2 Å². The first kappa shape index (κ1) is 20.6. The van der Waals surface area contributed by atoms with Crippen molar-refractivity contribution < 1.29 is 19.8 Å². The van der Waals surface area contributed by atoms with Crippen molar-refractivity contribution in [1.29, 1.82) is 0 Å². The van der Waals surface area contributed by atoms with Crippen LogP contribution in [0.3, 0.4) is 0 Å². The first-order valence-electron chi connectivity index (χ1n) is 8.83. The van der Waals surface area contributed by atoms with Crippen molar-refractivity contribution in [2.45, 2.75) is 38.1 Å². The molecule has 8 heteroatoms. The van der Waals surface area contributed by atoms with E-state index in [0.29, 0.717) is 45.1 Å². The van der Waals surface area contributed by atoms with Gasteiger partial charge in [0.1, 0.15) is 0 Å². The van der Waals surface area contributed by atoms with Crippen LogP contribution in [0.5, 0.6) is 0 Å². The average Bonchev–Trinajstić information content (AvgIpc) is 3.06. The topological polar surface area (TPSA) is 98.7 Å². The highest BCUT2D eigenvalue weighted by Gasteiger charge is 2.40. The van der Waals surface area contributed by atoms with Crippen molar-refractivity contribution in [3.05, 3.63) is 68.7 Å². The number of nitrogens with one attached hydrogen (secondary N) is 2. The van der Waals surface area contributed by atoms with Crippen molar-refractivity contribution in [3.63, 3.8) is 0 Å². The number of hydrogen-bond donors (Lipinski definition) is 4. The van der Waals surface area contributed by atoms with Gasteiger partial charge in [-0.1, -0.05) is 43.1 Å². The first-order valence-corrected chi connectivity index (χ1v) is 9.59. The van der Waals surface area contributed by atoms with Gasteiger partial charge in [-0.2, -0.15) is 0 Å². The number of halogens is 2. The number of carbonyl (C=O) groups excluding carboxylic acids is 2. The highest BCUT2D eigenvalue weighted by Crippen LogP contribution is 2.34. The number of fused-ring (bicyclic) bond motifs is 2. The normalized spacial score (nSPS) is 24.6. The zero-order valence-electron chi connectivity index (χ0n) is 15.3. The van der Waals surface area contributed by atoms with Crippen LogP contribution in [0.15, 0.2) is 36.4 Å². The lowest BCUT2D eigenvalue weighted by atomic mass is 10.00. The van der Waals surface area contributed by atoms with Gasteiger partial charge in [-0.05, 0) is 43.2 Å². The van der Waals surface area contributed by atoms with Crippen molar-refractivity contribution in [2.75, 3.05) is 0 Å². The molecule has 6 nitrogen and oxygen atoms in total. The summed E-state index contributed by atoms with van der Waals surface area (Å²) in [7, 11) is 0. The number of hydrogen-bond acceptors (Lipinski definition) is 4. The third-order valence-corrected chi connectivity index (χ3v) is 5.48. The second-order valence-electron chi connectivity index (χ2n) is 6.72. The van der Waals surface area contributed by atoms with Crippen molar-refractivity contribution >= 4 is 35.0 Å². The largest absolute Gasteiger partial charge is 0.367 e. The molecule has 0 aliphatic carbocycles. The molecule has 0 fully saturated rings. The van der Waals surface area contributed by atoms with Crippen LogP contribution in [0.1, 0.15) is 58.5 Å². The van der Waals surface area contributed by atoms with Gasteiger partial charge in [-0.3, -0.25) is 9.59 Å². The van der Waals surface area contributed by atoms with Crippen LogP contribution in [-0.4, -0.2) is 22.0 Å². The molecule has 2 amide bonds. The molecule has 4 rings (SSSR count). The number of benzene rings is 2. The van der Waals surface area contributed by atoms with E-state index in [9.17, 15) is 19.8 Å². The Hall–Kier alpha value is -2.12. The molecule has 2 aliphatic rings. The molecular formula is C20H20Cl2N2O4. The van der Waals surface area contributed by atoms with Gasteiger partial charge in [0.25, 0.3) is 11.8 Å². The van der Waals surface area contributed by atoms with E-state index < -0.39 is 11.4 Å². The van der Waals surface area contributed by atoms with Gasteiger partial charge in [-0.15, -0.1) is 0 Å². The number of amides is 2. The van der Waals surface area contributed by atoms with Crippen LogP contribution in [0.25, 0.3) is 0 Å². The van der Waals surface area contributed by atoms with E-state index in [1.807, 2.05) is 6.92 Å². The maximum Gasteiger partial charge on any atom is 0.254 e. The second-order valence-corrected chi connectivity index (χ2v) is 7.59. The molecule has 0 bridgehead atoms. The monoisotopic (exact) mass is 422 g/mol. The fourth-order valence-electron chi connectivity index (χ4n) is 3.32. The lowest BCUT2D eigenvalue weighted by Crippen LogP contribution is -2.38. The molecule has 2 heterocycles. The summed E-state index contributed by atoms with van der Waals surface area (Å²) >= 11 is 11.6. The van der Waals surface area contributed by atoms with E-state index in [1.54, 1.807) is 43.3 Å². The van der Waals surface area contributed by atoms with Gasteiger partial charge in [0.15, 0.2) is 11.4 Å². The van der Waals surface area contributed by atoms with Gasteiger partial charge in [-0.25, -0.2) is 0 Å². The Balaban J connectivity index is 0.000000161. The molecule has 4 N–H and O–H groups in total. The van der Waals surface area contributed by atoms with Gasteiger partial charge in [0.05, 0.1) is 0 Å². The van der Waals surface area contributed by atoms with E-state index in [2.05, 4.69) is 10.6 Å². The molecule has 2 aromatic rings. The van der Waals surface area contributed by atoms with Gasteiger partial charge in [0, 0.05) is 32.3 Å². The van der Waals surface area contributed by atoms with Crippen molar-refractivity contribution in [2.24, 2.45) is 0 Å². The summed E-state index contributed by atoms with van der Waals surface area (Å²) in [4.78, 5) is 22.9. The van der Waals surface area contributed by atoms with E-state index in [-0.39, 0.29) is 11.8 Å². The summed E-state index contributed by atoms with van der Waals surface area (Å²) in [6.45, 7) is 3.61. The van der Waals surface area contributed by atoms with Crippen molar-refractivity contribution in [3.8, 4) is 0 Å². The Labute approximate surface area is 172 Å². The van der Waals surface area contributed by atoms with Crippen LogP contribution in [0.4, 0.5) is 0 Å². The molecule has 148 valence electrons. The van der Waals surface area contributed by atoms with E-state index >= 15 is 0 Å². The molecule has 0 saturated carbocycles. The molecule has 2 aliphatic heterocycles. The third-order valence-electron chi connectivity index (χ3n) is 5.01. The Morgan fingerprint density at radius 3 is 1.89 bits per heavy atom. The van der Waals surface area contributed by atoms with Crippen LogP contribution in [-0.2, 0) is 11.4 Å². The smallest absolute Gasteiger partial charge is 0.254 e. The van der Waals surface area contributed by atoms with E-state index in [0.717, 1.165) is 0 Å². The molecule has 0 spiro atoms. The molecule has 2 aromatic carbocycles. The fourth-order valence-corrected chi connectivity index (χ4v) is 3.67. The number of carbonyl (C=O) groups is 2. The highest BCUT2D eigenvalue weighted by molar-refractivity contribution is 6.31. The molecule has 0 saturated heterocycles.